The van der Waals surface area contributed by atoms with Crippen molar-refractivity contribution in [2.75, 3.05) is 31.9 Å². The third-order valence-corrected chi connectivity index (χ3v) is 4.75. The minimum atomic E-state index is -3.68. The highest BCUT2D eigenvalue weighted by atomic mass is 32.2. The second kappa shape index (κ2) is 5.72. The quantitative estimate of drug-likeness (QED) is 0.807. The van der Waals surface area contributed by atoms with E-state index in [0.29, 0.717) is 32.7 Å². The van der Waals surface area contributed by atoms with Crippen molar-refractivity contribution in [2.45, 2.75) is 6.54 Å². The Hall–Kier alpha value is -1.38. The molecular weight excluding hydrogens is 272 g/mol. The molecule has 1 aliphatic heterocycles. The third kappa shape index (κ3) is 3.79. The van der Waals surface area contributed by atoms with Crippen LogP contribution in [0.3, 0.4) is 0 Å². The lowest BCUT2D eigenvalue weighted by atomic mass is 10.3. The van der Waals surface area contributed by atoms with Gasteiger partial charge in [0.25, 0.3) is 0 Å². The molecule has 0 saturated carbocycles. The van der Waals surface area contributed by atoms with E-state index in [1.807, 2.05) is 12.1 Å². The number of nitrogens with zero attached hydrogens (tertiary/aromatic N) is 2. The second-order valence-electron chi connectivity index (χ2n) is 4.40. The molecule has 8 heteroatoms. The molecule has 1 N–H and O–H groups in total. The standard InChI is InChI=1S/C11H16N2O5S/c14-11(15)9-19(16,17)13-5-3-12(4-6-13)8-10-2-1-7-18-10/h1-2,7H,3-6,8-9H2,(H,14,15). The Labute approximate surface area is 111 Å². The highest BCUT2D eigenvalue weighted by Gasteiger charge is 2.28. The van der Waals surface area contributed by atoms with Crippen molar-refractivity contribution < 1.29 is 22.7 Å². The molecule has 0 aliphatic carbocycles. The molecule has 0 radical (unpaired) electrons. The van der Waals surface area contributed by atoms with Crippen molar-refractivity contribution in [1.82, 2.24) is 9.21 Å². The van der Waals surface area contributed by atoms with Crippen LogP contribution in [0.2, 0.25) is 0 Å². The van der Waals surface area contributed by atoms with Crippen LogP contribution in [0.1, 0.15) is 5.76 Å². The number of hydrogen-bond acceptors (Lipinski definition) is 5. The lowest BCUT2D eigenvalue weighted by Crippen LogP contribution is -2.49. The summed E-state index contributed by atoms with van der Waals surface area (Å²) in [6.07, 6.45) is 1.60. The first-order chi connectivity index (χ1) is 8.97. The topological polar surface area (TPSA) is 91.1 Å². The van der Waals surface area contributed by atoms with Crippen LogP contribution >= 0.6 is 0 Å². The largest absolute Gasteiger partial charge is 0.480 e. The van der Waals surface area contributed by atoms with Crippen LogP contribution in [-0.4, -0.2) is 60.6 Å². The molecule has 1 fully saturated rings. The van der Waals surface area contributed by atoms with Crippen molar-refractivity contribution in [3.05, 3.63) is 24.2 Å². The maximum Gasteiger partial charge on any atom is 0.320 e. The van der Waals surface area contributed by atoms with Crippen molar-refractivity contribution in [3.63, 3.8) is 0 Å². The molecule has 1 aromatic heterocycles. The first-order valence-electron chi connectivity index (χ1n) is 5.92. The Morgan fingerprint density at radius 3 is 2.53 bits per heavy atom. The average Bonchev–Trinajstić information content (AvgIpc) is 2.81. The smallest absolute Gasteiger partial charge is 0.320 e. The second-order valence-corrected chi connectivity index (χ2v) is 6.37. The molecule has 0 spiro atoms. The number of piperazine rings is 1. The molecule has 106 valence electrons. The predicted octanol–water partition coefficient (Wildman–Crippen LogP) is -0.188. The zero-order valence-corrected chi connectivity index (χ0v) is 11.2. The summed E-state index contributed by atoms with van der Waals surface area (Å²) in [6.45, 7) is 2.41. The van der Waals surface area contributed by atoms with Gasteiger partial charge >= 0.3 is 5.97 Å². The summed E-state index contributed by atoms with van der Waals surface area (Å²) in [5, 5.41) is 8.57. The van der Waals surface area contributed by atoms with Crippen LogP contribution in [0, 0.1) is 0 Å². The number of hydrogen-bond donors (Lipinski definition) is 1. The summed E-state index contributed by atoms with van der Waals surface area (Å²) in [5.74, 6) is -1.33. The van der Waals surface area contributed by atoms with Gasteiger partial charge in [-0.1, -0.05) is 0 Å². The van der Waals surface area contributed by atoms with Crippen LogP contribution < -0.4 is 0 Å². The summed E-state index contributed by atoms with van der Waals surface area (Å²) in [6, 6.07) is 3.68. The van der Waals surface area contributed by atoms with E-state index in [9.17, 15) is 13.2 Å². The van der Waals surface area contributed by atoms with E-state index in [1.54, 1.807) is 6.26 Å². The summed E-state index contributed by atoms with van der Waals surface area (Å²) in [4.78, 5) is 12.6. The van der Waals surface area contributed by atoms with E-state index in [1.165, 1.54) is 4.31 Å². The van der Waals surface area contributed by atoms with Gasteiger partial charge in [0, 0.05) is 26.2 Å². The van der Waals surface area contributed by atoms with Crippen molar-refractivity contribution in [1.29, 1.82) is 0 Å². The van der Waals surface area contributed by atoms with E-state index in [2.05, 4.69) is 4.90 Å². The molecule has 0 atom stereocenters. The summed E-state index contributed by atoms with van der Waals surface area (Å²) >= 11 is 0. The number of aliphatic carboxylic acids is 1. The van der Waals surface area contributed by atoms with Gasteiger partial charge in [0.15, 0.2) is 5.75 Å². The van der Waals surface area contributed by atoms with E-state index in [0.717, 1.165) is 5.76 Å². The Morgan fingerprint density at radius 1 is 1.32 bits per heavy atom. The van der Waals surface area contributed by atoms with Crippen molar-refractivity contribution in [3.8, 4) is 0 Å². The predicted molar refractivity (Wildman–Crippen MR) is 67.0 cm³/mol. The van der Waals surface area contributed by atoms with Crippen molar-refractivity contribution in [2.24, 2.45) is 0 Å². The minimum absolute atomic E-state index is 0.316. The zero-order chi connectivity index (χ0) is 13.9. The van der Waals surface area contributed by atoms with Gasteiger partial charge in [0.2, 0.25) is 10.0 Å². The number of carboxylic acid groups (broad SMARTS) is 1. The lowest BCUT2D eigenvalue weighted by molar-refractivity contribution is -0.134. The summed E-state index contributed by atoms with van der Waals surface area (Å²) in [7, 11) is -3.68. The first kappa shape index (κ1) is 14.0. The molecule has 2 heterocycles. The SMILES string of the molecule is O=C(O)CS(=O)(=O)N1CCN(Cc2ccco2)CC1. The van der Waals surface area contributed by atoms with Gasteiger partial charge in [0.05, 0.1) is 12.8 Å². The van der Waals surface area contributed by atoms with Gasteiger partial charge in [-0.3, -0.25) is 9.69 Å². The van der Waals surface area contributed by atoms with Crippen molar-refractivity contribution >= 4 is 16.0 Å². The fourth-order valence-electron chi connectivity index (χ4n) is 2.04. The van der Waals surface area contributed by atoms with E-state index in [4.69, 9.17) is 9.52 Å². The fraction of sp³-hybridized carbons (Fsp3) is 0.545. The number of carbonyl (C=O) groups is 1. The van der Waals surface area contributed by atoms with E-state index >= 15 is 0 Å². The van der Waals surface area contributed by atoms with E-state index < -0.39 is 21.7 Å². The van der Waals surface area contributed by atoms with Gasteiger partial charge in [-0.2, -0.15) is 4.31 Å². The minimum Gasteiger partial charge on any atom is -0.480 e. The molecule has 19 heavy (non-hydrogen) atoms. The molecule has 1 saturated heterocycles. The number of furan rings is 1. The summed E-state index contributed by atoms with van der Waals surface area (Å²) < 4.78 is 29.9. The zero-order valence-electron chi connectivity index (χ0n) is 10.4. The normalized spacial score (nSPS) is 18.5. The van der Waals surface area contributed by atoms with Gasteiger partial charge in [-0.25, -0.2) is 8.42 Å². The van der Waals surface area contributed by atoms with Crippen LogP contribution in [0.15, 0.2) is 22.8 Å². The Bertz CT molecular complexity index is 517. The van der Waals surface area contributed by atoms with Crippen LogP contribution in [0.4, 0.5) is 0 Å². The maximum absolute atomic E-state index is 11.7. The molecule has 7 nitrogen and oxygen atoms in total. The van der Waals surface area contributed by atoms with Crippen LogP contribution in [-0.2, 0) is 21.4 Å². The molecule has 0 amide bonds. The number of carboxylic acids is 1. The molecule has 0 unspecified atom stereocenters. The van der Waals surface area contributed by atoms with Gasteiger partial charge in [-0.05, 0) is 12.1 Å². The van der Waals surface area contributed by atoms with Crippen LogP contribution in [0.5, 0.6) is 0 Å². The maximum atomic E-state index is 11.7. The van der Waals surface area contributed by atoms with Crippen LogP contribution in [0.25, 0.3) is 0 Å². The molecule has 0 aromatic carbocycles. The number of rotatable bonds is 5. The monoisotopic (exact) mass is 288 g/mol. The Morgan fingerprint density at radius 2 is 2.00 bits per heavy atom. The third-order valence-electron chi connectivity index (χ3n) is 2.99. The lowest BCUT2D eigenvalue weighted by Gasteiger charge is -2.33. The summed E-state index contributed by atoms with van der Waals surface area (Å²) in [5.41, 5.74) is 0. The highest BCUT2D eigenvalue weighted by Crippen LogP contribution is 2.11. The van der Waals surface area contributed by atoms with Gasteiger partial charge in [0.1, 0.15) is 5.76 Å². The first-order valence-corrected chi connectivity index (χ1v) is 7.52. The molecule has 1 aliphatic rings. The number of sulfonamides is 1. The molecular formula is C11H16N2O5S. The van der Waals surface area contributed by atoms with E-state index in [-0.39, 0.29) is 0 Å². The fourth-order valence-corrected chi connectivity index (χ4v) is 3.25. The highest BCUT2D eigenvalue weighted by molar-refractivity contribution is 7.89. The average molecular weight is 288 g/mol. The molecule has 1 aromatic rings. The molecule has 0 bridgehead atoms. The van der Waals surface area contributed by atoms with Gasteiger partial charge in [-0.15, -0.1) is 0 Å². The Kier molecular flexibility index (Phi) is 4.23. The molecule has 2 rings (SSSR count). The van der Waals surface area contributed by atoms with Gasteiger partial charge < -0.3 is 9.52 Å². The Balaban J connectivity index is 1.87.